The summed E-state index contributed by atoms with van der Waals surface area (Å²) in [5.74, 6) is 0.722. The predicted octanol–water partition coefficient (Wildman–Crippen LogP) is 3.34. The van der Waals surface area contributed by atoms with Crippen LogP contribution >= 0.6 is 23.4 Å². The maximum atomic E-state index is 12.0. The van der Waals surface area contributed by atoms with Crippen LogP contribution in [0.4, 0.5) is 11.5 Å². The molecule has 2 N–H and O–H groups in total. The first-order valence-electron chi connectivity index (χ1n) is 6.85. The first-order valence-corrected chi connectivity index (χ1v) is 8.28. The molecule has 0 bridgehead atoms. The molecule has 2 aromatic rings. The molecule has 0 radical (unpaired) electrons. The molecule has 0 aliphatic rings. The molecule has 0 aliphatic heterocycles. The third-order valence-electron chi connectivity index (χ3n) is 2.84. The van der Waals surface area contributed by atoms with Crippen LogP contribution in [0, 0.1) is 6.92 Å². The molecule has 122 valence electrons. The molecule has 6 nitrogen and oxygen atoms in total. The van der Waals surface area contributed by atoms with Gasteiger partial charge in [0.25, 0.3) is 0 Å². The van der Waals surface area contributed by atoms with Gasteiger partial charge in [-0.05, 0) is 38.1 Å². The van der Waals surface area contributed by atoms with Gasteiger partial charge in [0, 0.05) is 16.8 Å². The average Bonchev–Trinajstić information content (AvgIpc) is 2.92. The van der Waals surface area contributed by atoms with Crippen molar-refractivity contribution in [2.75, 3.05) is 16.4 Å². The number of hydrogen-bond acceptors (Lipinski definition) is 5. The molecule has 1 aromatic carbocycles. The Morgan fingerprint density at radius 3 is 2.61 bits per heavy atom. The Kier molecular flexibility index (Phi) is 6.06. The van der Waals surface area contributed by atoms with Crippen molar-refractivity contribution < 1.29 is 14.1 Å². The highest BCUT2D eigenvalue weighted by molar-refractivity contribution is 8.01. The second kappa shape index (κ2) is 8.03. The summed E-state index contributed by atoms with van der Waals surface area (Å²) in [5, 5.41) is 9.26. The highest BCUT2D eigenvalue weighted by Crippen LogP contribution is 2.16. The monoisotopic (exact) mass is 353 g/mol. The topological polar surface area (TPSA) is 84.2 Å². The van der Waals surface area contributed by atoms with E-state index in [9.17, 15) is 9.59 Å². The zero-order valence-electron chi connectivity index (χ0n) is 12.6. The summed E-state index contributed by atoms with van der Waals surface area (Å²) in [4.78, 5) is 23.8. The molecule has 8 heteroatoms. The van der Waals surface area contributed by atoms with Gasteiger partial charge in [0.2, 0.25) is 11.8 Å². The lowest BCUT2D eigenvalue weighted by Gasteiger charge is -2.10. The molecule has 1 atom stereocenters. The smallest absolute Gasteiger partial charge is 0.238 e. The van der Waals surface area contributed by atoms with E-state index in [1.807, 2.05) is 0 Å². The minimum atomic E-state index is -0.400. The van der Waals surface area contributed by atoms with E-state index in [0.717, 1.165) is 0 Å². The third kappa shape index (κ3) is 5.61. The minimum absolute atomic E-state index is 0.162. The van der Waals surface area contributed by atoms with Crippen molar-refractivity contribution in [1.29, 1.82) is 0 Å². The number of hydrogen-bond donors (Lipinski definition) is 2. The zero-order chi connectivity index (χ0) is 16.8. The summed E-state index contributed by atoms with van der Waals surface area (Å²) in [7, 11) is 0. The first-order chi connectivity index (χ1) is 10.9. The van der Waals surface area contributed by atoms with E-state index in [-0.39, 0.29) is 17.6 Å². The summed E-state index contributed by atoms with van der Waals surface area (Å²) in [6, 6.07) is 8.45. The Labute approximate surface area is 142 Å². The Hall–Kier alpha value is -1.99. The lowest BCUT2D eigenvalue weighted by Crippen LogP contribution is -2.25. The number of thioether (sulfide) groups is 1. The quantitative estimate of drug-likeness (QED) is 0.832. The predicted molar refractivity (Wildman–Crippen MR) is 91.9 cm³/mol. The van der Waals surface area contributed by atoms with Crippen molar-refractivity contribution >= 4 is 46.7 Å². The number of nitrogens with zero attached hydrogens (tertiary/aromatic N) is 1. The summed E-state index contributed by atoms with van der Waals surface area (Å²) in [6.45, 7) is 3.46. The van der Waals surface area contributed by atoms with Crippen LogP contribution in [-0.2, 0) is 9.59 Å². The van der Waals surface area contributed by atoms with Gasteiger partial charge in [0.05, 0.1) is 11.0 Å². The Balaban J connectivity index is 1.76. The van der Waals surface area contributed by atoms with Crippen molar-refractivity contribution in [3.05, 3.63) is 41.1 Å². The van der Waals surface area contributed by atoms with Crippen LogP contribution in [0.15, 0.2) is 34.9 Å². The summed E-state index contributed by atoms with van der Waals surface area (Å²) in [5.41, 5.74) is 0.662. The molecule has 2 rings (SSSR count). The molecule has 0 unspecified atom stereocenters. The van der Waals surface area contributed by atoms with E-state index < -0.39 is 5.25 Å². The molecule has 0 aliphatic carbocycles. The maximum Gasteiger partial charge on any atom is 0.238 e. The standard InChI is InChI=1S/C15H16ClN3O3S/c1-9-7-13(19-22-9)18-15(21)10(2)23-8-14(20)17-12-5-3-11(16)4-6-12/h3-7,10H,8H2,1-2H3,(H,17,20)(H,18,19,21)/t10-/m0/s1. The van der Waals surface area contributed by atoms with E-state index >= 15 is 0 Å². The highest BCUT2D eigenvalue weighted by Gasteiger charge is 2.16. The van der Waals surface area contributed by atoms with Crippen molar-refractivity contribution in [1.82, 2.24) is 5.16 Å². The summed E-state index contributed by atoms with van der Waals surface area (Å²) >= 11 is 7.01. The van der Waals surface area contributed by atoms with Crippen LogP contribution in [-0.4, -0.2) is 28.0 Å². The number of rotatable bonds is 6. The number of aromatic nitrogens is 1. The van der Waals surface area contributed by atoms with E-state index in [4.69, 9.17) is 16.1 Å². The number of anilines is 2. The van der Waals surface area contributed by atoms with Gasteiger partial charge in [0.1, 0.15) is 5.76 Å². The number of amides is 2. The van der Waals surface area contributed by atoms with Crippen LogP contribution in [0.25, 0.3) is 0 Å². The normalized spacial score (nSPS) is 11.8. The van der Waals surface area contributed by atoms with Crippen molar-refractivity contribution in [2.24, 2.45) is 0 Å². The van der Waals surface area contributed by atoms with Crippen molar-refractivity contribution in [2.45, 2.75) is 19.1 Å². The number of halogens is 1. The van der Waals surface area contributed by atoms with Crippen molar-refractivity contribution in [3.8, 4) is 0 Å². The molecule has 0 saturated heterocycles. The summed E-state index contributed by atoms with van der Waals surface area (Å²) in [6.07, 6.45) is 0. The van der Waals surface area contributed by atoms with Crippen LogP contribution in [0.3, 0.4) is 0 Å². The van der Waals surface area contributed by atoms with E-state index in [1.54, 1.807) is 44.2 Å². The van der Waals surface area contributed by atoms with Crippen LogP contribution in [0.2, 0.25) is 5.02 Å². The van der Waals surface area contributed by atoms with Crippen LogP contribution in [0.5, 0.6) is 0 Å². The van der Waals surface area contributed by atoms with Gasteiger partial charge in [-0.15, -0.1) is 11.8 Å². The maximum absolute atomic E-state index is 12.0. The Bertz CT molecular complexity index is 688. The third-order valence-corrected chi connectivity index (χ3v) is 4.24. The van der Waals surface area contributed by atoms with Crippen LogP contribution in [0.1, 0.15) is 12.7 Å². The molecule has 0 saturated carbocycles. The van der Waals surface area contributed by atoms with E-state index in [1.165, 1.54) is 11.8 Å². The molecule has 0 fully saturated rings. The fraction of sp³-hybridized carbons (Fsp3) is 0.267. The molecule has 1 aromatic heterocycles. The SMILES string of the molecule is Cc1cc(NC(=O)[C@H](C)SCC(=O)Nc2ccc(Cl)cc2)no1. The van der Waals surface area contributed by atoms with Gasteiger partial charge in [-0.25, -0.2) is 0 Å². The number of carbonyl (C=O) groups is 2. The average molecular weight is 354 g/mol. The minimum Gasteiger partial charge on any atom is -0.360 e. The second-order valence-electron chi connectivity index (χ2n) is 4.82. The Morgan fingerprint density at radius 1 is 1.30 bits per heavy atom. The number of aryl methyl sites for hydroxylation is 1. The number of nitrogens with one attached hydrogen (secondary N) is 2. The van der Waals surface area contributed by atoms with Gasteiger partial charge in [-0.2, -0.15) is 0 Å². The molecular weight excluding hydrogens is 338 g/mol. The fourth-order valence-corrected chi connectivity index (χ4v) is 2.47. The van der Waals surface area contributed by atoms with Crippen molar-refractivity contribution in [3.63, 3.8) is 0 Å². The van der Waals surface area contributed by atoms with Gasteiger partial charge < -0.3 is 15.2 Å². The number of carbonyl (C=O) groups excluding carboxylic acids is 2. The van der Waals surface area contributed by atoms with Gasteiger partial charge in [-0.1, -0.05) is 16.8 Å². The lowest BCUT2D eigenvalue weighted by atomic mass is 10.3. The van der Waals surface area contributed by atoms with Gasteiger partial charge in [-0.3, -0.25) is 9.59 Å². The highest BCUT2D eigenvalue weighted by atomic mass is 35.5. The summed E-state index contributed by atoms with van der Waals surface area (Å²) < 4.78 is 4.87. The molecule has 2 amide bonds. The van der Waals surface area contributed by atoms with Gasteiger partial charge in [0.15, 0.2) is 5.82 Å². The fourth-order valence-electron chi connectivity index (χ4n) is 1.66. The van der Waals surface area contributed by atoms with Crippen LogP contribution < -0.4 is 10.6 Å². The molecule has 0 spiro atoms. The number of benzene rings is 1. The van der Waals surface area contributed by atoms with E-state index in [2.05, 4.69) is 15.8 Å². The molecule has 1 heterocycles. The molecule has 23 heavy (non-hydrogen) atoms. The lowest BCUT2D eigenvalue weighted by molar-refractivity contribution is -0.115. The second-order valence-corrected chi connectivity index (χ2v) is 6.59. The first kappa shape index (κ1) is 17.4. The molecular formula is C15H16ClN3O3S. The zero-order valence-corrected chi connectivity index (χ0v) is 14.2. The Morgan fingerprint density at radius 2 is 2.00 bits per heavy atom. The van der Waals surface area contributed by atoms with E-state index in [0.29, 0.717) is 22.3 Å². The van der Waals surface area contributed by atoms with Gasteiger partial charge >= 0.3 is 0 Å². The largest absolute Gasteiger partial charge is 0.360 e.